The maximum absolute atomic E-state index is 14.4. The number of hydrogen-bond donors (Lipinski definition) is 1. The van der Waals surface area contributed by atoms with Gasteiger partial charge in [-0.05, 0) is 102 Å². The first kappa shape index (κ1) is 26.2. The van der Waals surface area contributed by atoms with Gasteiger partial charge in [0.1, 0.15) is 0 Å². The minimum atomic E-state index is -0.553. The molecule has 5 aliphatic carbocycles. The molecule has 5 rings (SSSR count). The van der Waals surface area contributed by atoms with Crippen LogP contribution in [0.25, 0.3) is 0 Å². The van der Waals surface area contributed by atoms with E-state index in [9.17, 15) is 14.7 Å². The topological polar surface area (TPSA) is 63.6 Å². The van der Waals surface area contributed by atoms with Gasteiger partial charge in [-0.25, -0.2) is 0 Å². The van der Waals surface area contributed by atoms with Crippen molar-refractivity contribution in [3.05, 3.63) is 23.8 Å². The number of allylic oxidation sites excluding steroid dienone is 2. The third-order valence-corrected chi connectivity index (χ3v) is 13.0. The zero-order valence-corrected chi connectivity index (χ0v) is 23.9. The standard InChI is InChI=1S/C32H48O4/c1-19-22(34)18-29(6)23(28(19,4)5)10-11-30(7)24(29)16-21(33)25-20-17-27(2,3)12-14-32(20,26(35)36-9)15-13-31(25,30)8/h16,20,22-23,25,34H,1,10-15,17-18H2,2-9H3/t20-,22+,23-,25-,29-,30+,31+,32-/m0/s1. The van der Waals surface area contributed by atoms with Crippen LogP contribution in [0.3, 0.4) is 0 Å². The summed E-state index contributed by atoms with van der Waals surface area (Å²) in [6.07, 6.45) is 8.55. The average molecular weight is 497 g/mol. The molecule has 8 atom stereocenters. The Balaban J connectivity index is 1.66. The Morgan fingerprint density at radius 1 is 1.00 bits per heavy atom. The molecule has 4 heteroatoms. The van der Waals surface area contributed by atoms with Gasteiger partial charge in [-0.2, -0.15) is 0 Å². The normalized spacial score (nSPS) is 49.1. The van der Waals surface area contributed by atoms with Crippen molar-refractivity contribution < 1.29 is 19.4 Å². The van der Waals surface area contributed by atoms with Crippen molar-refractivity contribution in [1.29, 1.82) is 0 Å². The lowest BCUT2D eigenvalue weighted by Crippen LogP contribution is -2.66. The van der Waals surface area contributed by atoms with Crippen LogP contribution in [0.1, 0.15) is 99.8 Å². The molecule has 0 radical (unpaired) electrons. The summed E-state index contributed by atoms with van der Waals surface area (Å²) in [5.74, 6) is 0.284. The van der Waals surface area contributed by atoms with E-state index in [-0.39, 0.29) is 50.7 Å². The minimum absolute atomic E-state index is 0.00766. The number of carbonyl (C=O) groups is 2. The Morgan fingerprint density at radius 3 is 2.28 bits per heavy atom. The Kier molecular flexibility index (Phi) is 5.52. The first-order valence-electron chi connectivity index (χ1n) is 14.2. The van der Waals surface area contributed by atoms with Crippen molar-refractivity contribution in [2.75, 3.05) is 7.11 Å². The summed E-state index contributed by atoms with van der Waals surface area (Å²) in [6, 6.07) is 0. The van der Waals surface area contributed by atoms with Crippen LogP contribution >= 0.6 is 0 Å². The van der Waals surface area contributed by atoms with Crippen LogP contribution in [-0.4, -0.2) is 30.1 Å². The van der Waals surface area contributed by atoms with Crippen molar-refractivity contribution in [3.8, 4) is 0 Å². The van der Waals surface area contributed by atoms with Crippen LogP contribution in [0.4, 0.5) is 0 Å². The van der Waals surface area contributed by atoms with Crippen LogP contribution in [0.5, 0.6) is 0 Å². The first-order chi connectivity index (χ1) is 16.5. The predicted octanol–water partition coefficient (Wildman–Crippen LogP) is 6.67. The SMILES string of the molecule is C=C1[C@H](O)C[C@]2(C)C3=CC(=O)[C@@H]4[C@@H]5CC(C)(C)CC[C@]5(C(=O)OC)CC[C@@]4(C)[C@]3(C)CC[C@H]2C1(C)C. The molecular weight excluding hydrogens is 448 g/mol. The monoisotopic (exact) mass is 496 g/mol. The molecule has 5 aliphatic rings. The molecule has 36 heavy (non-hydrogen) atoms. The minimum Gasteiger partial charge on any atom is -0.469 e. The van der Waals surface area contributed by atoms with E-state index in [1.165, 1.54) is 12.7 Å². The zero-order valence-electron chi connectivity index (χ0n) is 23.9. The summed E-state index contributed by atoms with van der Waals surface area (Å²) < 4.78 is 5.43. The van der Waals surface area contributed by atoms with E-state index < -0.39 is 11.5 Å². The molecule has 0 saturated heterocycles. The van der Waals surface area contributed by atoms with Gasteiger partial charge in [-0.15, -0.1) is 0 Å². The predicted molar refractivity (Wildman–Crippen MR) is 142 cm³/mol. The number of fused-ring (bicyclic) bond motifs is 7. The van der Waals surface area contributed by atoms with Gasteiger partial charge >= 0.3 is 5.97 Å². The number of rotatable bonds is 1. The van der Waals surface area contributed by atoms with Crippen molar-refractivity contribution in [1.82, 2.24) is 0 Å². The summed E-state index contributed by atoms with van der Waals surface area (Å²) in [5, 5.41) is 11.1. The maximum Gasteiger partial charge on any atom is 0.312 e. The van der Waals surface area contributed by atoms with Gasteiger partial charge < -0.3 is 9.84 Å². The van der Waals surface area contributed by atoms with Crippen LogP contribution in [0.2, 0.25) is 0 Å². The Labute approximate surface area is 218 Å². The van der Waals surface area contributed by atoms with E-state index >= 15 is 0 Å². The summed E-state index contributed by atoms with van der Waals surface area (Å²) in [4.78, 5) is 27.7. The molecule has 0 aromatic carbocycles. The van der Waals surface area contributed by atoms with Crippen LogP contribution in [-0.2, 0) is 14.3 Å². The molecule has 0 aromatic heterocycles. The van der Waals surface area contributed by atoms with Gasteiger partial charge in [0.15, 0.2) is 5.78 Å². The fourth-order valence-corrected chi connectivity index (χ4v) is 10.6. The number of carbonyl (C=O) groups excluding carboxylic acids is 2. The molecule has 0 bridgehead atoms. The molecule has 4 fully saturated rings. The molecule has 200 valence electrons. The number of methoxy groups -OCH3 is 1. The van der Waals surface area contributed by atoms with Crippen molar-refractivity contribution in [2.45, 2.75) is 106 Å². The molecule has 4 saturated carbocycles. The van der Waals surface area contributed by atoms with Gasteiger partial charge in [0.05, 0.1) is 18.6 Å². The smallest absolute Gasteiger partial charge is 0.312 e. The van der Waals surface area contributed by atoms with Crippen molar-refractivity contribution in [3.63, 3.8) is 0 Å². The van der Waals surface area contributed by atoms with Crippen LogP contribution < -0.4 is 0 Å². The molecular formula is C32H48O4. The second-order valence-corrected chi connectivity index (χ2v) is 15.3. The number of hydrogen-bond acceptors (Lipinski definition) is 4. The molecule has 1 N–H and O–H groups in total. The second-order valence-electron chi connectivity index (χ2n) is 15.3. The highest BCUT2D eigenvalue weighted by atomic mass is 16.5. The van der Waals surface area contributed by atoms with Gasteiger partial charge in [-0.1, -0.05) is 60.6 Å². The molecule has 0 unspecified atom stereocenters. The lowest BCUT2D eigenvalue weighted by Gasteiger charge is -2.70. The second kappa shape index (κ2) is 7.58. The molecule has 0 heterocycles. The zero-order chi connectivity index (χ0) is 26.7. The fraction of sp³-hybridized carbons (Fsp3) is 0.812. The first-order valence-corrected chi connectivity index (χ1v) is 14.2. The van der Waals surface area contributed by atoms with Crippen molar-refractivity contribution >= 4 is 11.8 Å². The van der Waals surface area contributed by atoms with Gasteiger partial charge in [0.25, 0.3) is 0 Å². The highest BCUT2D eigenvalue weighted by Crippen LogP contribution is 2.75. The highest BCUT2D eigenvalue weighted by molar-refractivity contribution is 5.96. The maximum atomic E-state index is 14.4. The van der Waals surface area contributed by atoms with Crippen molar-refractivity contribution in [2.24, 2.45) is 50.2 Å². The molecule has 0 aliphatic heterocycles. The van der Waals surface area contributed by atoms with E-state index in [0.717, 1.165) is 50.5 Å². The molecule has 0 spiro atoms. The number of aliphatic hydroxyl groups is 1. The number of esters is 1. The highest BCUT2D eigenvalue weighted by Gasteiger charge is 2.71. The van der Waals surface area contributed by atoms with Gasteiger partial charge in [-0.3, -0.25) is 9.59 Å². The van der Waals surface area contributed by atoms with E-state index in [1.807, 2.05) is 6.08 Å². The quantitative estimate of drug-likeness (QED) is 0.325. The third kappa shape index (κ3) is 3.03. The summed E-state index contributed by atoms with van der Waals surface area (Å²) in [5.41, 5.74) is 0.955. The molecule has 0 amide bonds. The lowest BCUT2D eigenvalue weighted by molar-refractivity contribution is -0.193. The number of aliphatic hydroxyl groups excluding tert-OH is 1. The average Bonchev–Trinajstić information content (AvgIpc) is 2.78. The van der Waals surface area contributed by atoms with Gasteiger partial charge in [0, 0.05) is 5.92 Å². The summed E-state index contributed by atoms with van der Waals surface area (Å²) >= 11 is 0. The fourth-order valence-electron chi connectivity index (χ4n) is 10.6. The van der Waals surface area contributed by atoms with E-state index in [1.54, 1.807) is 0 Å². The van der Waals surface area contributed by atoms with E-state index in [4.69, 9.17) is 4.74 Å². The molecule has 0 aromatic rings. The summed E-state index contributed by atoms with van der Waals surface area (Å²) in [7, 11) is 1.51. The van der Waals surface area contributed by atoms with Crippen LogP contribution in [0, 0.1) is 50.2 Å². The number of ether oxygens (including phenoxy) is 1. The Hall–Kier alpha value is -1.42. The van der Waals surface area contributed by atoms with Gasteiger partial charge in [0.2, 0.25) is 0 Å². The molecule has 4 nitrogen and oxygen atoms in total. The Bertz CT molecular complexity index is 1050. The Morgan fingerprint density at radius 2 is 1.64 bits per heavy atom. The lowest BCUT2D eigenvalue weighted by atomic mass is 9.33. The third-order valence-electron chi connectivity index (χ3n) is 13.0. The number of ketones is 1. The largest absolute Gasteiger partial charge is 0.469 e. The van der Waals surface area contributed by atoms with Crippen LogP contribution in [0.15, 0.2) is 23.8 Å². The van der Waals surface area contributed by atoms with E-state index in [0.29, 0.717) is 12.3 Å². The summed E-state index contributed by atoms with van der Waals surface area (Å²) in [6.45, 7) is 20.4. The van der Waals surface area contributed by atoms with E-state index in [2.05, 4.69) is 55.0 Å².